The number of likely N-dealkylation sites (tertiary alicyclic amines) is 1. The lowest BCUT2D eigenvalue weighted by Crippen LogP contribution is -2.73. The molecule has 9 heteroatoms. The molecule has 1 aromatic carbocycles. The Hall–Kier alpha value is -2.65. The Morgan fingerprint density at radius 3 is 2.41 bits per heavy atom. The predicted octanol–water partition coefficient (Wildman–Crippen LogP) is 2.43. The van der Waals surface area contributed by atoms with E-state index in [1.807, 2.05) is 30.3 Å². The number of fused-ring (bicyclic) bond motifs is 2. The van der Waals surface area contributed by atoms with Crippen molar-refractivity contribution in [3.05, 3.63) is 35.9 Å². The lowest BCUT2D eigenvalue weighted by molar-refractivity contribution is -0.194. The van der Waals surface area contributed by atoms with E-state index < -0.39 is 24.5 Å². The highest BCUT2D eigenvalue weighted by molar-refractivity contribution is 5.91. The van der Waals surface area contributed by atoms with Crippen LogP contribution >= 0.6 is 0 Å². The minimum atomic E-state index is -0.781. The first-order valence-electron chi connectivity index (χ1n) is 12.2. The molecule has 1 aromatic rings. The first-order chi connectivity index (χ1) is 16.5. The van der Waals surface area contributed by atoms with E-state index >= 15 is 0 Å². The molecule has 1 aliphatic carbocycles. The summed E-state index contributed by atoms with van der Waals surface area (Å²) >= 11 is 0. The minimum Gasteiger partial charge on any atom is -0.445 e. The van der Waals surface area contributed by atoms with Gasteiger partial charge >= 0.3 is 6.09 Å². The highest BCUT2D eigenvalue weighted by Crippen LogP contribution is 2.36. The molecular weight excluding hydrogens is 438 g/mol. The summed E-state index contributed by atoms with van der Waals surface area (Å²) < 4.78 is 16.7. The van der Waals surface area contributed by atoms with Crippen molar-refractivity contribution < 1.29 is 28.6 Å². The highest BCUT2D eigenvalue weighted by Gasteiger charge is 2.54. The lowest BCUT2D eigenvalue weighted by Gasteiger charge is -2.54. The molecule has 0 unspecified atom stereocenters. The van der Waals surface area contributed by atoms with Gasteiger partial charge in [0.15, 0.2) is 6.29 Å². The van der Waals surface area contributed by atoms with Crippen LogP contribution in [0.1, 0.15) is 50.5 Å². The summed E-state index contributed by atoms with van der Waals surface area (Å²) in [6.07, 6.45) is 4.83. The maximum absolute atomic E-state index is 13.6. The van der Waals surface area contributed by atoms with E-state index in [1.54, 1.807) is 9.80 Å². The number of hydrogen-bond donors (Lipinski definition) is 1. The fourth-order valence-corrected chi connectivity index (χ4v) is 5.59. The van der Waals surface area contributed by atoms with Crippen molar-refractivity contribution in [2.45, 2.75) is 82.0 Å². The number of methoxy groups -OCH3 is 2. The molecule has 2 saturated heterocycles. The normalized spacial score (nSPS) is 25.0. The highest BCUT2D eigenvalue weighted by atomic mass is 16.7. The van der Waals surface area contributed by atoms with Crippen LogP contribution in [0.5, 0.6) is 0 Å². The molecular formula is C25H35N3O6. The maximum Gasteiger partial charge on any atom is 0.411 e. The van der Waals surface area contributed by atoms with E-state index in [1.165, 1.54) is 14.2 Å². The lowest BCUT2D eigenvalue weighted by atomic mass is 9.85. The van der Waals surface area contributed by atoms with Gasteiger partial charge in [-0.15, -0.1) is 0 Å². The zero-order valence-corrected chi connectivity index (χ0v) is 20.0. The van der Waals surface area contributed by atoms with Crippen LogP contribution in [0.4, 0.5) is 4.79 Å². The van der Waals surface area contributed by atoms with Gasteiger partial charge in [-0.25, -0.2) is 4.79 Å². The van der Waals surface area contributed by atoms with Gasteiger partial charge in [-0.05, 0) is 37.7 Å². The summed E-state index contributed by atoms with van der Waals surface area (Å²) in [5.41, 5.74) is 0.873. The second kappa shape index (κ2) is 11.2. The third kappa shape index (κ3) is 5.20. The van der Waals surface area contributed by atoms with Gasteiger partial charge in [0, 0.05) is 20.3 Å². The summed E-state index contributed by atoms with van der Waals surface area (Å²) in [6, 6.07) is 7.95. The number of rotatable bonds is 8. The molecule has 2 heterocycles. The van der Waals surface area contributed by atoms with Crippen LogP contribution < -0.4 is 5.32 Å². The second-order valence-electron chi connectivity index (χ2n) is 9.31. The van der Waals surface area contributed by atoms with Gasteiger partial charge in [-0.3, -0.25) is 14.5 Å². The number of ether oxygens (including phenoxy) is 3. The minimum absolute atomic E-state index is 0.0802. The van der Waals surface area contributed by atoms with Crippen molar-refractivity contribution in [3.63, 3.8) is 0 Å². The van der Waals surface area contributed by atoms with E-state index in [9.17, 15) is 14.4 Å². The molecule has 1 saturated carbocycles. The Kier molecular flexibility index (Phi) is 8.05. The number of carbonyl (C=O) groups excluding carboxylic acids is 3. The van der Waals surface area contributed by atoms with Crippen LogP contribution in [0, 0.1) is 0 Å². The summed E-state index contributed by atoms with van der Waals surface area (Å²) in [4.78, 5) is 42.8. The van der Waals surface area contributed by atoms with Crippen molar-refractivity contribution in [2.24, 2.45) is 0 Å². The molecule has 9 nitrogen and oxygen atoms in total. The average molecular weight is 474 g/mol. The van der Waals surface area contributed by atoms with Gasteiger partial charge in [0.2, 0.25) is 11.8 Å². The molecule has 2 bridgehead atoms. The molecule has 34 heavy (non-hydrogen) atoms. The Balaban J connectivity index is 1.53. The monoisotopic (exact) mass is 473 g/mol. The van der Waals surface area contributed by atoms with E-state index in [4.69, 9.17) is 14.2 Å². The third-order valence-electron chi connectivity index (χ3n) is 7.19. The van der Waals surface area contributed by atoms with Crippen molar-refractivity contribution in [1.29, 1.82) is 0 Å². The van der Waals surface area contributed by atoms with Crippen LogP contribution in [0.15, 0.2) is 30.3 Å². The number of nitrogens with one attached hydrogen (secondary N) is 1. The van der Waals surface area contributed by atoms with Gasteiger partial charge in [0.25, 0.3) is 0 Å². The van der Waals surface area contributed by atoms with Crippen LogP contribution in [-0.4, -0.2) is 78.9 Å². The first-order valence-corrected chi connectivity index (χ1v) is 12.2. The molecule has 2 aliphatic heterocycles. The zero-order chi connectivity index (χ0) is 24.1. The molecule has 0 spiro atoms. The Morgan fingerprint density at radius 2 is 1.74 bits per heavy atom. The molecule has 3 fully saturated rings. The van der Waals surface area contributed by atoms with Gasteiger partial charge in [-0.2, -0.15) is 0 Å². The van der Waals surface area contributed by atoms with E-state index in [2.05, 4.69) is 5.32 Å². The van der Waals surface area contributed by atoms with Crippen molar-refractivity contribution >= 4 is 17.9 Å². The molecule has 186 valence electrons. The standard InChI is InChI=1S/C25H35N3O6/c1-32-24(33-2)22-19-13-8-14-20(28(19)25(31)34-16-17-9-4-3-5-10-17)23(30)27(22)15-21(29)26-18-11-6-7-12-18/h3-5,9-10,18-20,22,24H,6-8,11-16H2,1-2H3,(H,26,29)/t19-,20+,22+/m1/s1. The molecule has 3 amide bonds. The second-order valence-corrected chi connectivity index (χ2v) is 9.31. The maximum atomic E-state index is 13.6. The number of hydrogen-bond acceptors (Lipinski definition) is 6. The zero-order valence-electron chi connectivity index (χ0n) is 20.0. The summed E-state index contributed by atoms with van der Waals surface area (Å²) in [6.45, 7) is 0.0447. The quantitative estimate of drug-likeness (QED) is 0.583. The number of piperidine rings is 1. The smallest absolute Gasteiger partial charge is 0.411 e. The number of carbonyl (C=O) groups is 3. The first kappa shape index (κ1) is 24.5. The Morgan fingerprint density at radius 1 is 1.03 bits per heavy atom. The van der Waals surface area contributed by atoms with Gasteiger partial charge in [-0.1, -0.05) is 43.2 Å². The SMILES string of the molecule is COC(OC)[C@@H]1[C@H]2CCC[C@@H](C(=O)N1CC(=O)NC1CCCC1)N2C(=O)OCc1ccccc1. The van der Waals surface area contributed by atoms with Crippen LogP contribution in [0.2, 0.25) is 0 Å². The van der Waals surface area contributed by atoms with E-state index in [-0.39, 0.29) is 37.0 Å². The van der Waals surface area contributed by atoms with Crippen molar-refractivity contribution in [3.8, 4) is 0 Å². The van der Waals surface area contributed by atoms with Crippen molar-refractivity contribution in [1.82, 2.24) is 15.1 Å². The molecule has 1 N–H and O–H groups in total. The van der Waals surface area contributed by atoms with Crippen molar-refractivity contribution in [2.75, 3.05) is 20.8 Å². The number of piperazine rings is 1. The van der Waals surface area contributed by atoms with Gasteiger partial charge < -0.3 is 24.4 Å². The summed E-state index contributed by atoms with van der Waals surface area (Å²) in [5.74, 6) is -0.451. The molecule has 0 aromatic heterocycles. The summed E-state index contributed by atoms with van der Waals surface area (Å²) in [5, 5.41) is 3.06. The van der Waals surface area contributed by atoms with Gasteiger partial charge in [0.1, 0.15) is 25.2 Å². The number of amides is 3. The van der Waals surface area contributed by atoms with Crippen LogP contribution in [0.3, 0.4) is 0 Å². The fourth-order valence-electron chi connectivity index (χ4n) is 5.59. The molecule has 4 rings (SSSR count). The van der Waals surface area contributed by atoms with Gasteiger partial charge in [0.05, 0.1) is 6.04 Å². The largest absolute Gasteiger partial charge is 0.445 e. The Labute approximate surface area is 200 Å². The molecule has 0 radical (unpaired) electrons. The fraction of sp³-hybridized carbons (Fsp3) is 0.640. The van der Waals surface area contributed by atoms with E-state index in [0.717, 1.165) is 37.7 Å². The molecule has 3 aliphatic rings. The predicted molar refractivity (Wildman–Crippen MR) is 124 cm³/mol. The van der Waals surface area contributed by atoms with E-state index in [0.29, 0.717) is 12.8 Å². The topological polar surface area (TPSA) is 97.4 Å². The summed E-state index contributed by atoms with van der Waals surface area (Å²) in [7, 11) is 3.00. The van der Waals surface area contributed by atoms with Crippen LogP contribution in [0.25, 0.3) is 0 Å². The van der Waals surface area contributed by atoms with Crippen LogP contribution in [-0.2, 0) is 30.4 Å². The number of nitrogens with zero attached hydrogens (tertiary/aromatic N) is 2. The number of benzene rings is 1. The third-order valence-corrected chi connectivity index (χ3v) is 7.19. The average Bonchev–Trinajstić information content (AvgIpc) is 3.36. The Bertz CT molecular complexity index is 855. The molecule has 3 atom stereocenters.